The maximum absolute atomic E-state index is 10.1. The Bertz CT molecular complexity index is 589. The number of aromatic nitrogens is 1. The zero-order valence-electron chi connectivity index (χ0n) is 14.1. The lowest BCUT2D eigenvalue weighted by atomic mass is 9.88. The van der Waals surface area contributed by atoms with Crippen LogP contribution < -0.4 is 17.0 Å². The minimum Gasteiger partial charge on any atom is -1.00 e. The first-order valence-electron chi connectivity index (χ1n) is 7.21. The van der Waals surface area contributed by atoms with Gasteiger partial charge >= 0.3 is 0 Å². The van der Waals surface area contributed by atoms with Crippen LogP contribution in [-0.4, -0.2) is 11.6 Å². The van der Waals surface area contributed by atoms with Crippen molar-refractivity contribution in [2.24, 2.45) is 5.18 Å². The van der Waals surface area contributed by atoms with Crippen LogP contribution in [0.4, 0.5) is 0 Å². The number of nitroso groups, excluding NO2 is 1. The maximum Gasteiger partial charge on any atom is 0.254 e. The molecule has 0 bridgehead atoms. The molecule has 2 rings (SSSR count). The molecule has 0 saturated carbocycles. The van der Waals surface area contributed by atoms with Gasteiger partial charge in [0.25, 0.3) is 6.73 Å². The van der Waals surface area contributed by atoms with Gasteiger partial charge < -0.3 is 22.0 Å². The van der Waals surface area contributed by atoms with Crippen molar-refractivity contribution in [3.8, 4) is 0 Å². The molecule has 24 heavy (non-hydrogen) atoms. The Morgan fingerprint density at radius 3 is 2.29 bits per heavy atom. The average Bonchev–Trinajstić information content (AvgIpc) is 2.49. The summed E-state index contributed by atoms with van der Waals surface area (Å²) in [6.45, 7) is 7.52. The minimum atomic E-state index is 0. The molecule has 1 aromatic rings. The molecule has 132 valence electrons. The van der Waals surface area contributed by atoms with E-state index < -0.39 is 0 Å². The first-order chi connectivity index (χ1) is 10.5. The first-order valence-corrected chi connectivity index (χ1v) is 7.21. The Hall–Kier alpha value is -1.69. The van der Waals surface area contributed by atoms with E-state index in [9.17, 15) is 4.91 Å². The molecular weight excluding hydrogens is 349 g/mol. The number of allylic oxidation sites excluding steroid dienone is 3. The predicted octanol–water partition coefficient (Wildman–Crippen LogP) is 0.622. The summed E-state index contributed by atoms with van der Waals surface area (Å²) in [6.07, 6.45) is 12.7. The smallest absolute Gasteiger partial charge is 0.254 e. The van der Waals surface area contributed by atoms with E-state index in [1.54, 1.807) is 0 Å². The summed E-state index contributed by atoms with van der Waals surface area (Å²) in [7, 11) is 0. The second-order valence-corrected chi connectivity index (χ2v) is 6.19. The van der Waals surface area contributed by atoms with E-state index in [2.05, 4.69) is 38.1 Å². The van der Waals surface area contributed by atoms with E-state index in [1.165, 1.54) is 11.8 Å². The molecule has 5 nitrogen and oxygen atoms in total. The zero-order chi connectivity index (χ0) is 16.0. The zero-order valence-corrected chi connectivity index (χ0v) is 15.6. The summed E-state index contributed by atoms with van der Waals surface area (Å²) in [4.78, 5) is 12.0. The lowest BCUT2D eigenvalue weighted by molar-refractivity contribution is -0.733. The molecule has 2 heterocycles. The summed E-state index contributed by atoms with van der Waals surface area (Å²) in [5, 5.41) is 2.74. The Labute approximate surface area is 155 Å². The highest BCUT2D eigenvalue weighted by molar-refractivity contribution is 5.85. The van der Waals surface area contributed by atoms with Gasteiger partial charge in [0.05, 0.1) is 6.20 Å². The number of nitrogens with zero attached hydrogens (tertiary/aromatic N) is 3. The van der Waals surface area contributed by atoms with Crippen molar-refractivity contribution in [1.82, 2.24) is 4.90 Å². The Balaban J connectivity index is 0.00000264. The fourth-order valence-corrected chi connectivity index (χ4v) is 2.00. The first kappa shape index (κ1) is 22.3. The van der Waals surface area contributed by atoms with E-state index in [0.717, 1.165) is 5.57 Å². The second-order valence-electron chi connectivity index (χ2n) is 6.19. The number of ether oxygens (including phenoxy) is 1. The fourth-order valence-electron chi connectivity index (χ4n) is 2.00. The fraction of sp³-hybridized carbons (Fsp3) is 0.353. The van der Waals surface area contributed by atoms with Crippen LogP contribution in [0.1, 0.15) is 26.3 Å². The van der Waals surface area contributed by atoms with Crippen LogP contribution in [0, 0.1) is 4.91 Å². The number of pyridine rings is 1. The third-order valence-corrected chi connectivity index (χ3v) is 3.36. The lowest BCUT2D eigenvalue weighted by Gasteiger charge is -2.18. The van der Waals surface area contributed by atoms with Crippen molar-refractivity contribution in [2.45, 2.75) is 32.9 Å². The van der Waals surface area contributed by atoms with Crippen molar-refractivity contribution in [3.05, 3.63) is 71.3 Å². The molecule has 1 aliphatic heterocycles. The highest BCUT2D eigenvalue weighted by Gasteiger charge is 2.14. The van der Waals surface area contributed by atoms with E-state index in [-0.39, 0.29) is 30.2 Å². The molecule has 0 atom stereocenters. The molecule has 0 radical (unpaired) electrons. The van der Waals surface area contributed by atoms with Crippen LogP contribution in [0.15, 0.2) is 66.0 Å². The molecule has 0 unspecified atom stereocenters. The Kier molecular flexibility index (Phi) is 9.51. The third-order valence-electron chi connectivity index (χ3n) is 3.36. The van der Waals surface area contributed by atoms with Gasteiger partial charge in [-0.15, -0.1) is 17.3 Å². The number of hydrogen-bond donors (Lipinski definition) is 0. The Morgan fingerprint density at radius 1 is 1.21 bits per heavy atom. The van der Waals surface area contributed by atoms with Crippen LogP contribution in [0.2, 0.25) is 0 Å². The second kappa shape index (κ2) is 10.2. The normalized spacial score (nSPS) is 13.1. The highest BCUT2D eigenvalue weighted by Crippen LogP contribution is 2.20. The molecule has 0 fully saturated rings. The molecule has 0 aromatic carbocycles. The van der Waals surface area contributed by atoms with Crippen molar-refractivity contribution < 1.29 is 21.7 Å². The molecule has 1 aliphatic rings. The van der Waals surface area contributed by atoms with Crippen molar-refractivity contribution in [1.29, 1.82) is 0 Å². The minimum absolute atomic E-state index is 0. The molecule has 0 aliphatic carbocycles. The number of rotatable bonds is 5. The van der Waals surface area contributed by atoms with E-state index >= 15 is 0 Å². The van der Waals surface area contributed by atoms with Crippen molar-refractivity contribution in [3.63, 3.8) is 0 Å². The van der Waals surface area contributed by atoms with Crippen molar-refractivity contribution >= 4 is 12.4 Å². The summed E-state index contributed by atoms with van der Waals surface area (Å²) in [5.41, 5.74) is 2.23. The predicted molar refractivity (Wildman–Crippen MR) is 92.5 cm³/mol. The van der Waals surface area contributed by atoms with Crippen molar-refractivity contribution in [2.75, 3.05) is 6.73 Å². The van der Waals surface area contributed by atoms with Crippen LogP contribution in [0.3, 0.4) is 0 Å². The monoisotopic (exact) mass is 371 g/mol. The van der Waals surface area contributed by atoms with Gasteiger partial charge in [-0.1, -0.05) is 20.8 Å². The molecule has 0 amide bonds. The summed E-state index contributed by atoms with van der Waals surface area (Å²) in [6, 6.07) is 4.24. The lowest BCUT2D eigenvalue weighted by Crippen LogP contribution is -3.00. The molecule has 0 N–H and O–H groups in total. The number of halogens is 2. The van der Waals surface area contributed by atoms with E-state index in [0.29, 0.717) is 13.5 Å². The standard InChI is InChI=1S/C17H22N3O2.2ClH/c1-17(2,3)16-6-10-20(11-7-16)14-22-13-19-8-4-15(5-9-19)12-18-21;;/h4-12H,13-14H2,1-3H3;2*1H/q+1;;/p-1. The van der Waals surface area contributed by atoms with Gasteiger partial charge in [0.2, 0.25) is 0 Å². The third kappa shape index (κ3) is 6.83. The summed E-state index contributed by atoms with van der Waals surface area (Å²) >= 11 is 0. The van der Waals surface area contributed by atoms with Gasteiger partial charge in [0, 0.05) is 24.5 Å². The van der Waals surface area contributed by atoms with Crippen LogP contribution in [0.25, 0.3) is 0 Å². The largest absolute Gasteiger partial charge is 1.00 e. The highest BCUT2D eigenvalue weighted by atomic mass is 35.5. The van der Waals surface area contributed by atoms with Crippen LogP contribution in [0.5, 0.6) is 0 Å². The van der Waals surface area contributed by atoms with Gasteiger partial charge in [0.15, 0.2) is 12.4 Å². The van der Waals surface area contributed by atoms with Crippen LogP contribution >= 0.6 is 12.4 Å². The van der Waals surface area contributed by atoms with E-state index in [1.807, 2.05) is 46.4 Å². The molecular formula is C17H23Cl2N3O2. The van der Waals surface area contributed by atoms with Crippen LogP contribution in [-0.2, 0) is 16.9 Å². The van der Waals surface area contributed by atoms with Gasteiger partial charge in [-0.2, -0.15) is 4.57 Å². The summed E-state index contributed by atoms with van der Waals surface area (Å²) < 4.78 is 7.66. The molecule has 0 spiro atoms. The van der Waals surface area contributed by atoms with Gasteiger partial charge in [-0.3, -0.25) is 0 Å². The van der Waals surface area contributed by atoms with Gasteiger partial charge in [0.1, 0.15) is 6.73 Å². The molecule has 0 saturated heterocycles. The summed E-state index contributed by atoms with van der Waals surface area (Å²) in [5.74, 6) is 0. The SMILES string of the molecule is CC(C)(C)c1cc[n+](COCN2C=CC(=CN=O)C=C2)cc1.Cl.[Cl-]. The molecule has 1 aromatic heterocycles. The average molecular weight is 372 g/mol. The maximum atomic E-state index is 10.1. The molecule has 7 heteroatoms. The van der Waals surface area contributed by atoms with Gasteiger partial charge in [-0.25, -0.2) is 0 Å². The number of hydrogen-bond acceptors (Lipinski definition) is 4. The van der Waals surface area contributed by atoms with E-state index in [4.69, 9.17) is 4.74 Å². The quantitative estimate of drug-likeness (QED) is 0.563. The topological polar surface area (TPSA) is 45.8 Å². The Morgan fingerprint density at radius 2 is 1.79 bits per heavy atom. The van der Waals surface area contributed by atoms with Gasteiger partial charge in [-0.05, 0) is 33.9 Å².